The highest BCUT2D eigenvalue weighted by Gasteiger charge is 2.11. The summed E-state index contributed by atoms with van der Waals surface area (Å²) in [5.41, 5.74) is 1.54. The van der Waals surface area contributed by atoms with E-state index in [0.717, 1.165) is 15.8 Å². The van der Waals surface area contributed by atoms with Gasteiger partial charge in [-0.3, -0.25) is 9.36 Å². The number of aromatic nitrogens is 4. The first kappa shape index (κ1) is 18.5. The minimum absolute atomic E-state index is 0.0427. The molecule has 0 radical (unpaired) electrons. The largest absolute Gasteiger partial charge is 0.497 e. The van der Waals surface area contributed by atoms with Crippen molar-refractivity contribution in [3.8, 4) is 5.75 Å². The standard InChI is InChI=1S/C19H17N5O2S2/c1-24-16(21-15-9-4-3-8-14(15)17(24)25)11-27-19-23-22-18(28-19)20-12-6-5-7-13(10-12)26-2/h3-10H,11H2,1-2H3,(H,20,22). The molecule has 9 heteroatoms. The summed E-state index contributed by atoms with van der Waals surface area (Å²) in [4.78, 5) is 17.1. The van der Waals surface area contributed by atoms with Crippen LogP contribution in [0.3, 0.4) is 0 Å². The van der Waals surface area contributed by atoms with Gasteiger partial charge in [0.15, 0.2) is 4.34 Å². The molecule has 0 unspecified atom stereocenters. The maximum atomic E-state index is 12.5. The number of hydrogen-bond donors (Lipinski definition) is 1. The van der Waals surface area contributed by atoms with Crippen molar-refractivity contribution in [1.82, 2.24) is 19.7 Å². The van der Waals surface area contributed by atoms with Crippen LogP contribution in [0.5, 0.6) is 5.75 Å². The summed E-state index contributed by atoms with van der Waals surface area (Å²) < 4.78 is 7.61. The van der Waals surface area contributed by atoms with E-state index in [1.54, 1.807) is 24.8 Å². The summed E-state index contributed by atoms with van der Waals surface area (Å²) in [5, 5.41) is 12.9. The fourth-order valence-electron chi connectivity index (χ4n) is 2.66. The first-order valence-electron chi connectivity index (χ1n) is 8.46. The number of anilines is 2. The van der Waals surface area contributed by atoms with Crippen LogP contribution in [0, 0.1) is 0 Å². The van der Waals surface area contributed by atoms with Gasteiger partial charge in [-0.05, 0) is 24.3 Å². The topological polar surface area (TPSA) is 81.9 Å². The molecular formula is C19H17N5O2S2. The van der Waals surface area contributed by atoms with Gasteiger partial charge in [-0.25, -0.2) is 4.98 Å². The minimum atomic E-state index is -0.0427. The van der Waals surface area contributed by atoms with E-state index < -0.39 is 0 Å². The van der Waals surface area contributed by atoms with Crippen LogP contribution >= 0.6 is 23.1 Å². The molecule has 7 nitrogen and oxygen atoms in total. The van der Waals surface area contributed by atoms with E-state index in [-0.39, 0.29) is 5.56 Å². The van der Waals surface area contributed by atoms with Gasteiger partial charge >= 0.3 is 0 Å². The molecule has 1 N–H and O–H groups in total. The van der Waals surface area contributed by atoms with Crippen LogP contribution in [0.15, 0.2) is 57.7 Å². The molecule has 0 saturated carbocycles. The van der Waals surface area contributed by atoms with Crippen LogP contribution in [0.4, 0.5) is 10.8 Å². The van der Waals surface area contributed by atoms with Crippen molar-refractivity contribution in [1.29, 1.82) is 0 Å². The van der Waals surface area contributed by atoms with E-state index in [4.69, 9.17) is 4.74 Å². The maximum Gasteiger partial charge on any atom is 0.261 e. The first-order valence-corrected chi connectivity index (χ1v) is 10.3. The van der Waals surface area contributed by atoms with Crippen LogP contribution < -0.4 is 15.6 Å². The van der Waals surface area contributed by atoms with E-state index in [9.17, 15) is 4.79 Å². The summed E-state index contributed by atoms with van der Waals surface area (Å²) in [6, 6.07) is 15.0. The van der Waals surface area contributed by atoms with Gasteiger partial charge < -0.3 is 10.1 Å². The molecule has 0 spiro atoms. The zero-order valence-electron chi connectivity index (χ0n) is 15.2. The molecule has 0 bridgehead atoms. The molecule has 0 aliphatic carbocycles. The number of fused-ring (bicyclic) bond motifs is 1. The highest BCUT2D eigenvalue weighted by Crippen LogP contribution is 2.30. The molecule has 4 rings (SSSR count). The lowest BCUT2D eigenvalue weighted by atomic mass is 10.2. The fraction of sp³-hybridized carbons (Fsp3) is 0.158. The Kier molecular flexibility index (Phi) is 5.27. The maximum absolute atomic E-state index is 12.5. The van der Waals surface area contributed by atoms with Crippen molar-refractivity contribution in [2.24, 2.45) is 7.05 Å². The van der Waals surface area contributed by atoms with Crippen LogP contribution in [0.1, 0.15) is 5.82 Å². The summed E-state index contributed by atoms with van der Waals surface area (Å²) in [6.07, 6.45) is 0. The van der Waals surface area contributed by atoms with Gasteiger partial charge in [0, 0.05) is 18.8 Å². The lowest BCUT2D eigenvalue weighted by molar-refractivity contribution is 0.415. The second kappa shape index (κ2) is 7.99. The highest BCUT2D eigenvalue weighted by atomic mass is 32.2. The SMILES string of the molecule is COc1cccc(Nc2nnc(SCc3nc4ccccc4c(=O)n3C)s2)c1. The van der Waals surface area contributed by atoms with Crippen molar-refractivity contribution in [3.05, 3.63) is 64.7 Å². The molecular weight excluding hydrogens is 394 g/mol. The summed E-state index contributed by atoms with van der Waals surface area (Å²) in [6.45, 7) is 0. The quantitative estimate of drug-likeness (QED) is 0.483. The van der Waals surface area contributed by atoms with Crippen molar-refractivity contribution >= 4 is 44.8 Å². The van der Waals surface area contributed by atoms with Crippen molar-refractivity contribution in [3.63, 3.8) is 0 Å². The number of ether oxygens (including phenoxy) is 1. The molecule has 0 saturated heterocycles. The molecule has 4 aromatic rings. The van der Waals surface area contributed by atoms with Crippen molar-refractivity contribution < 1.29 is 4.74 Å². The Morgan fingerprint density at radius 1 is 1.18 bits per heavy atom. The Balaban J connectivity index is 1.48. The molecule has 2 heterocycles. The zero-order valence-corrected chi connectivity index (χ0v) is 16.9. The second-order valence-electron chi connectivity index (χ2n) is 5.93. The monoisotopic (exact) mass is 411 g/mol. The third-order valence-corrected chi connectivity index (χ3v) is 6.10. The smallest absolute Gasteiger partial charge is 0.261 e. The Morgan fingerprint density at radius 2 is 2.04 bits per heavy atom. The molecule has 0 aliphatic heterocycles. The summed E-state index contributed by atoms with van der Waals surface area (Å²) in [7, 11) is 3.38. The van der Waals surface area contributed by atoms with Gasteiger partial charge in [-0.1, -0.05) is 41.3 Å². The Labute approximate surface area is 169 Å². The predicted molar refractivity (Wildman–Crippen MR) is 113 cm³/mol. The molecule has 2 aromatic heterocycles. The number of benzene rings is 2. The molecule has 142 valence electrons. The van der Waals surface area contributed by atoms with Gasteiger partial charge in [0.2, 0.25) is 5.13 Å². The van der Waals surface area contributed by atoms with E-state index in [1.807, 2.05) is 42.5 Å². The predicted octanol–water partition coefficient (Wildman–Crippen LogP) is 3.83. The Morgan fingerprint density at radius 3 is 2.89 bits per heavy atom. The Hall–Kier alpha value is -2.91. The zero-order chi connectivity index (χ0) is 19.5. The molecule has 2 aromatic carbocycles. The van der Waals surface area contributed by atoms with Crippen LogP contribution in [0.25, 0.3) is 10.9 Å². The van der Waals surface area contributed by atoms with E-state index in [0.29, 0.717) is 27.6 Å². The molecule has 0 amide bonds. The van der Waals surface area contributed by atoms with Crippen molar-refractivity contribution in [2.75, 3.05) is 12.4 Å². The lowest BCUT2D eigenvalue weighted by Crippen LogP contribution is -2.21. The number of hydrogen-bond acceptors (Lipinski definition) is 8. The summed E-state index contributed by atoms with van der Waals surface area (Å²) >= 11 is 2.95. The van der Waals surface area contributed by atoms with Gasteiger partial charge in [-0.2, -0.15) is 0 Å². The number of methoxy groups -OCH3 is 1. The molecule has 28 heavy (non-hydrogen) atoms. The number of para-hydroxylation sites is 1. The lowest BCUT2D eigenvalue weighted by Gasteiger charge is -2.07. The average molecular weight is 412 g/mol. The fourth-order valence-corrected chi connectivity index (χ4v) is 4.42. The number of thioether (sulfide) groups is 1. The second-order valence-corrected chi connectivity index (χ2v) is 8.13. The van der Waals surface area contributed by atoms with Gasteiger partial charge in [0.1, 0.15) is 11.6 Å². The molecule has 0 atom stereocenters. The molecule has 0 fully saturated rings. The Bertz CT molecular complexity index is 1190. The van der Waals surface area contributed by atoms with Crippen molar-refractivity contribution in [2.45, 2.75) is 10.1 Å². The minimum Gasteiger partial charge on any atom is -0.497 e. The van der Waals surface area contributed by atoms with E-state index in [1.165, 1.54) is 23.1 Å². The third-order valence-electron chi connectivity index (χ3n) is 4.13. The van der Waals surface area contributed by atoms with Gasteiger partial charge in [-0.15, -0.1) is 10.2 Å². The highest BCUT2D eigenvalue weighted by molar-refractivity contribution is 8.00. The van der Waals surface area contributed by atoms with Gasteiger partial charge in [0.25, 0.3) is 5.56 Å². The summed E-state index contributed by atoms with van der Waals surface area (Å²) in [5.74, 6) is 2.00. The number of nitrogens with one attached hydrogen (secondary N) is 1. The first-order chi connectivity index (χ1) is 13.6. The number of rotatable bonds is 6. The average Bonchev–Trinajstić information content (AvgIpc) is 3.17. The van der Waals surface area contributed by atoms with E-state index >= 15 is 0 Å². The third kappa shape index (κ3) is 3.85. The normalized spacial score (nSPS) is 10.9. The number of nitrogens with zero attached hydrogens (tertiary/aromatic N) is 4. The van der Waals surface area contributed by atoms with Crippen LogP contribution in [-0.4, -0.2) is 26.9 Å². The van der Waals surface area contributed by atoms with Gasteiger partial charge in [0.05, 0.1) is 23.8 Å². The van der Waals surface area contributed by atoms with Crippen LogP contribution in [0.2, 0.25) is 0 Å². The van der Waals surface area contributed by atoms with Crippen LogP contribution in [-0.2, 0) is 12.8 Å². The van der Waals surface area contributed by atoms with E-state index in [2.05, 4.69) is 20.5 Å². The molecule has 0 aliphatic rings.